The van der Waals surface area contributed by atoms with Gasteiger partial charge in [0, 0.05) is 18.0 Å². The molecule has 0 radical (unpaired) electrons. The normalized spacial score (nSPS) is 10.6. The molecule has 86 valence electrons. The van der Waals surface area contributed by atoms with Gasteiger partial charge in [-0.2, -0.15) is 0 Å². The third-order valence-corrected chi connectivity index (χ3v) is 2.48. The Hall–Kier alpha value is -2.29. The number of nitrogens with two attached hydrogens (primary N) is 1. The van der Waals surface area contributed by atoms with Crippen molar-refractivity contribution in [1.82, 2.24) is 4.98 Å². The van der Waals surface area contributed by atoms with E-state index >= 15 is 0 Å². The molecule has 1 heterocycles. The van der Waals surface area contributed by atoms with Crippen molar-refractivity contribution in [1.29, 1.82) is 0 Å². The maximum atomic E-state index is 5.97. The van der Waals surface area contributed by atoms with Crippen LogP contribution in [-0.4, -0.2) is 12.1 Å². The summed E-state index contributed by atoms with van der Waals surface area (Å²) >= 11 is 0. The molecule has 17 heavy (non-hydrogen) atoms. The molecule has 0 saturated heterocycles. The maximum Gasteiger partial charge on any atom is 0.142 e. The molecular weight excluding hydrogens is 212 g/mol. The van der Waals surface area contributed by atoms with Crippen molar-refractivity contribution in [3.8, 4) is 5.75 Å². The number of rotatable bonds is 3. The lowest BCUT2D eigenvalue weighted by Crippen LogP contribution is -1.94. The van der Waals surface area contributed by atoms with E-state index in [-0.39, 0.29) is 0 Å². The first kappa shape index (κ1) is 11.2. The molecule has 0 fully saturated rings. The molecule has 0 saturated carbocycles. The van der Waals surface area contributed by atoms with E-state index in [1.807, 2.05) is 42.5 Å². The number of hydrogen-bond acceptors (Lipinski definition) is 3. The topological polar surface area (TPSA) is 48.1 Å². The van der Waals surface area contributed by atoms with E-state index in [0.717, 1.165) is 11.1 Å². The average Bonchev–Trinajstić information content (AvgIpc) is 2.39. The second kappa shape index (κ2) is 5.16. The van der Waals surface area contributed by atoms with Gasteiger partial charge in [-0.15, -0.1) is 0 Å². The molecule has 3 nitrogen and oxygen atoms in total. The zero-order chi connectivity index (χ0) is 12.1. The average molecular weight is 226 g/mol. The van der Waals surface area contributed by atoms with Crippen molar-refractivity contribution in [3.05, 3.63) is 53.9 Å². The molecule has 0 aliphatic heterocycles. The lowest BCUT2D eigenvalue weighted by atomic mass is 10.1. The van der Waals surface area contributed by atoms with Crippen LogP contribution in [0.2, 0.25) is 0 Å². The summed E-state index contributed by atoms with van der Waals surface area (Å²) < 4.78 is 5.17. The molecule has 2 N–H and O–H groups in total. The van der Waals surface area contributed by atoms with Crippen LogP contribution in [0.4, 0.5) is 5.69 Å². The van der Waals surface area contributed by atoms with E-state index in [1.165, 1.54) is 0 Å². The minimum Gasteiger partial charge on any atom is -0.495 e. The van der Waals surface area contributed by atoms with Gasteiger partial charge in [-0.25, -0.2) is 0 Å². The number of hydrogen-bond donors (Lipinski definition) is 1. The Bertz CT molecular complexity index is 521. The summed E-state index contributed by atoms with van der Waals surface area (Å²) in [5.41, 5.74) is 8.65. The summed E-state index contributed by atoms with van der Waals surface area (Å²) in [5, 5.41) is 0. The highest BCUT2D eigenvalue weighted by atomic mass is 16.5. The Morgan fingerprint density at radius 3 is 2.59 bits per heavy atom. The van der Waals surface area contributed by atoms with Gasteiger partial charge in [0.2, 0.25) is 0 Å². The van der Waals surface area contributed by atoms with Gasteiger partial charge < -0.3 is 10.5 Å². The van der Waals surface area contributed by atoms with Crippen molar-refractivity contribution >= 4 is 17.8 Å². The van der Waals surface area contributed by atoms with Gasteiger partial charge in [-0.3, -0.25) is 4.98 Å². The Labute approximate surface area is 101 Å². The number of anilines is 1. The van der Waals surface area contributed by atoms with Crippen molar-refractivity contribution in [2.45, 2.75) is 0 Å². The quantitative estimate of drug-likeness (QED) is 0.819. The summed E-state index contributed by atoms with van der Waals surface area (Å²) in [7, 11) is 1.61. The molecule has 0 bridgehead atoms. The van der Waals surface area contributed by atoms with Crippen molar-refractivity contribution in [3.63, 3.8) is 0 Å². The molecule has 0 aliphatic rings. The molecule has 0 amide bonds. The highest BCUT2D eigenvalue weighted by molar-refractivity contribution is 5.78. The van der Waals surface area contributed by atoms with E-state index in [4.69, 9.17) is 10.5 Å². The predicted molar refractivity (Wildman–Crippen MR) is 70.6 cm³/mol. The van der Waals surface area contributed by atoms with Gasteiger partial charge in [0.1, 0.15) is 5.75 Å². The molecule has 3 heteroatoms. The van der Waals surface area contributed by atoms with E-state index in [9.17, 15) is 0 Å². The molecule has 2 aromatic rings. The molecule has 0 aliphatic carbocycles. The van der Waals surface area contributed by atoms with Crippen LogP contribution in [-0.2, 0) is 0 Å². The van der Waals surface area contributed by atoms with Gasteiger partial charge in [-0.05, 0) is 23.8 Å². The number of benzene rings is 1. The van der Waals surface area contributed by atoms with E-state index in [1.54, 1.807) is 19.5 Å². The molecule has 0 atom stereocenters. The smallest absolute Gasteiger partial charge is 0.142 e. The number of aromatic nitrogens is 1. The van der Waals surface area contributed by atoms with Crippen LogP contribution in [0.1, 0.15) is 11.1 Å². The van der Waals surface area contributed by atoms with Crippen LogP contribution in [0.5, 0.6) is 5.75 Å². The third-order valence-electron chi connectivity index (χ3n) is 2.48. The Morgan fingerprint density at radius 2 is 1.88 bits per heavy atom. The number of nitrogen functional groups attached to an aromatic ring is 1. The van der Waals surface area contributed by atoms with E-state index < -0.39 is 0 Å². The zero-order valence-corrected chi connectivity index (χ0v) is 9.63. The van der Waals surface area contributed by atoms with Crippen LogP contribution < -0.4 is 10.5 Å². The summed E-state index contributed by atoms with van der Waals surface area (Å²) in [4.78, 5) is 3.97. The summed E-state index contributed by atoms with van der Waals surface area (Å²) in [6.45, 7) is 0. The minimum atomic E-state index is 0.653. The highest BCUT2D eigenvalue weighted by Gasteiger charge is 2.01. The fourth-order valence-corrected chi connectivity index (χ4v) is 1.54. The largest absolute Gasteiger partial charge is 0.495 e. The first-order chi connectivity index (χ1) is 8.31. The predicted octanol–water partition coefficient (Wildman–Crippen LogP) is 2.84. The number of methoxy groups -OCH3 is 1. The number of ether oxygens (including phenoxy) is 1. The Balaban J connectivity index is 2.28. The Morgan fingerprint density at radius 1 is 1.12 bits per heavy atom. The number of nitrogens with zero attached hydrogens (tertiary/aromatic N) is 1. The summed E-state index contributed by atoms with van der Waals surface area (Å²) in [6, 6.07) is 9.59. The number of para-hydroxylation sites is 1. The number of pyridine rings is 1. The highest BCUT2D eigenvalue weighted by Crippen LogP contribution is 2.26. The molecule has 2 rings (SSSR count). The van der Waals surface area contributed by atoms with E-state index in [2.05, 4.69) is 4.98 Å². The molecule has 0 unspecified atom stereocenters. The van der Waals surface area contributed by atoms with Crippen LogP contribution in [0.25, 0.3) is 12.2 Å². The standard InChI is InChI=1S/C14H14N2O/c1-17-13-4-2-3-12(14(13)15)6-5-11-7-9-16-10-8-11/h2-10H,15H2,1H3/b6-5+. The fraction of sp³-hybridized carbons (Fsp3) is 0.0714. The summed E-state index contributed by atoms with van der Waals surface area (Å²) in [5.74, 6) is 0.696. The van der Waals surface area contributed by atoms with Gasteiger partial charge in [-0.1, -0.05) is 24.3 Å². The van der Waals surface area contributed by atoms with Crippen LogP contribution in [0.3, 0.4) is 0 Å². The lowest BCUT2D eigenvalue weighted by molar-refractivity contribution is 0.417. The lowest BCUT2D eigenvalue weighted by Gasteiger charge is -2.06. The second-order valence-electron chi connectivity index (χ2n) is 3.58. The first-order valence-electron chi connectivity index (χ1n) is 5.32. The molecule has 0 spiro atoms. The monoisotopic (exact) mass is 226 g/mol. The van der Waals surface area contributed by atoms with E-state index in [0.29, 0.717) is 11.4 Å². The Kier molecular flexibility index (Phi) is 3.40. The molecule has 1 aromatic heterocycles. The minimum absolute atomic E-state index is 0.653. The first-order valence-corrected chi connectivity index (χ1v) is 5.32. The SMILES string of the molecule is COc1cccc(/C=C/c2ccncc2)c1N. The van der Waals surface area contributed by atoms with Crippen LogP contribution in [0.15, 0.2) is 42.7 Å². The van der Waals surface area contributed by atoms with Crippen molar-refractivity contribution < 1.29 is 4.74 Å². The summed E-state index contributed by atoms with van der Waals surface area (Å²) in [6.07, 6.45) is 7.48. The fourth-order valence-electron chi connectivity index (χ4n) is 1.54. The third kappa shape index (κ3) is 2.64. The van der Waals surface area contributed by atoms with Gasteiger partial charge in [0.05, 0.1) is 12.8 Å². The van der Waals surface area contributed by atoms with Gasteiger partial charge in [0.15, 0.2) is 0 Å². The van der Waals surface area contributed by atoms with Crippen LogP contribution >= 0.6 is 0 Å². The van der Waals surface area contributed by atoms with Crippen molar-refractivity contribution in [2.75, 3.05) is 12.8 Å². The maximum absolute atomic E-state index is 5.97. The van der Waals surface area contributed by atoms with Crippen molar-refractivity contribution in [2.24, 2.45) is 0 Å². The van der Waals surface area contributed by atoms with Gasteiger partial charge >= 0.3 is 0 Å². The molecule has 1 aromatic carbocycles. The van der Waals surface area contributed by atoms with Crippen LogP contribution in [0, 0.1) is 0 Å². The zero-order valence-electron chi connectivity index (χ0n) is 9.63. The molecular formula is C14H14N2O. The van der Waals surface area contributed by atoms with Gasteiger partial charge in [0.25, 0.3) is 0 Å². The second-order valence-corrected chi connectivity index (χ2v) is 3.58.